The normalized spacial score (nSPS) is 16.0. The molecule has 1 fully saturated rings. The van der Waals surface area contributed by atoms with E-state index in [-0.39, 0.29) is 0 Å². The van der Waals surface area contributed by atoms with Crippen molar-refractivity contribution >= 4 is 0 Å². The average molecular weight is 328 g/mol. The number of morpholine rings is 1. The molecule has 0 bridgehead atoms. The summed E-state index contributed by atoms with van der Waals surface area (Å²) in [6, 6.07) is 0. The van der Waals surface area contributed by atoms with Gasteiger partial charge in [-0.1, -0.05) is 77.0 Å². The first-order valence-electron chi connectivity index (χ1n) is 10.3. The fourth-order valence-electron chi connectivity index (χ4n) is 3.39. The number of ether oxygens (including phenoxy) is 1. The van der Waals surface area contributed by atoms with Gasteiger partial charge in [-0.2, -0.15) is 0 Å². The monoisotopic (exact) mass is 327 g/mol. The van der Waals surface area contributed by atoms with Crippen LogP contribution in [0, 0.1) is 0 Å². The quantitative estimate of drug-likeness (QED) is 0.414. The van der Waals surface area contributed by atoms with Crippen molar-refractivity contribution in [1.29, 1.82) is 0 Å². The van der Waals surface area contributed by atoms with Crippen molar-refractivity contribution in [3.8, 4) is 0 Å². The van der Waals surface area contributed by atoms with Crippen LogP contribution in [-0.4, -0.2) is 49.5 Å². The van der Waals surface area contributed by atoms with Crippen LogP contribution in [-0.2, 0) is 4.74 Å². The summed E-state index contributed by atoms with van der Waals surface area (Å²) in [7, 11) is 0. The maximum atomic E-state index is 8.71. The maximum absolute atomic E-state index is 8.71. The van der Waals surface area contributed by atoms with Crippen molar-refractivity contribution in [1.82, 2.24) is 4.90 Å². The van der Waals surface area contributed by atoms with Gasteiger partial charge in [0.05, 0.1) is 13.2 Å². The fraction of sp³-hybridized carbons (Fsp3) is 1.00. The van der Waals surface area contributed by atoms with Gasteiger partial charge in [0.25, 0.3) is 0 Å². The first kappa shape index (κ1) is 20.9. The lowest BCUT2D eigenvalue weighted by Crippen LogP contribution is -2.36. The van der Waals surface area contributed by atoms with E-state index in [1.54, 1.807) is 0 Å². The molecule has 23 heavy (non-hydrogen) atoms. The molecule has 0 atom stereocenters. The molecule has 0 aromatic rings. The van der Waals surface area contributed by atoms with Crippen LogP contribution >= 0.6 is 0 Å². The lowest BCUT2D eigenvalue weighted by Gasteiger charge is -2.26. The highest BCUT2D eigenvalue weighted by Gasteiger charge is 2.08. The summed E-state index contributed by atoms with van der Waals surface area (Å²) in [5.41, 5.74) is 0. The molecule has 1 rings (SSSR count). The number of aliphatic hydroxyl groups excluding tert-OH is 1. The molecule has 0 amide bonds. The molecule has 0 aliphatic carbocycles. The predicted molar refractivity (Wildman–Crippen MR) is 99.0 cm³/mol. The Kier molecular flexibility index (Phi) is 15.2. The van der Waals surface area contributed by atoms with E-state index in [1.807, 2.05) is 0 Å². The van der Waals surface area contributed by atoms with Crippen LogP contribution in [0.3, 0.4) is 0 Å². The van der Waals surface area contributed by atoms with E-state index >= 15 is 0 Å². The molecule has 0 aromatic heterocycles. The lowest BCUT2D eigenvalue weighted by atomic mass is 10.0. The number of unbranched alkanes of at least 4 members (excludes halogenated alkanes) is 13. The Labute approximate surface area is 144 Å². The standard InChI is InChI=1S/C20H41NO2/c22-18-14-12-10-8-6-4-2-1-3-5-7-9-11-13-15-21-16-19-23-20-17-21/h22H,1-20H2. The summed E-state index contributed by atoms with van der Waals surface area (Å²) in [4.78, 5) is 2.55. The first-order valence-corrected chi connectivity index (χ1v) is 10.3. The highest BCUT2D eigenvalue weighted by atomic mass is 16.5. The van der Waals surface area contributed by atoms with Gasteiger partial charge in [-0.25, -0.2) is 0 Å². The van der Waals surface area contributed by atoms with Gasteiger partial charge in [-0.3, -0.25) is 4.90 Å². The number of hydrogen-bond acceptors (Lipinski definition) is 3. The van der Waals surface area contributed by atoms with Crippen molar-refractivity contribution in [2.75, 3.05) is 39.5 Å². The van der Waals surface area contributed by atoms with Gasteiger partial charge < -0.3 is 9.84 Å². The van der Waals surface area contributed by atoms with Gasteiger partial charge in [0.2, 0.25) is 0 Å². The van der Waals surface area contributed by atoms with Crippen molar-refractivity contribution in [2.45, 2.75) is 89.9 Å². The fourth-order valence-corrected chi connectivity index (χ4v) is 3.39. The highest BCUT2D eigenvalue weighted by molar-refractivity contribution is 4.61. The number of aliphatic hydroxyl groups is 1. The largest absolute Gasteiger partial charge is 0.396 e. The van der Waals surface area contributed by atoms with Crippen molar-refractivity contribution in [3.05, 3.63) is 0 Å². The zero-order valence-electron chi connectivity index (χ0n) is 15.4. The van der Waals surface area contributed by atoms with E-state index < -0.39 is 0 Å². The smallest absolute Gasteiger partial charge is 0.0594 e. The molecule has 0 spiro atoms. The number of rotatable bonds is 16. The van der Waals surface area contributed by atoms with Gasteiger partial charge in [0, 0.05) is 19.7 Å². The average Bonchev–Trinajstić information content (AvgIpc) is 2.59. The Balaban J connectivity index is 1.67. The van der Waals surface area contributed by atoms with Crippen molar-refractivity contribution < 1.29 is 9.84 Å². The first-order chi connectivity index (χ1) is 11.4. The van der Waals surface area contributed by atoms with Crippen molar-refractivity contribution in [2.24, 2.45) is 0 Å². The molecule has 3 nitrogen and oxygen atoms in total. The molecular formula is C20H41NO2. The third kappa shape index (κ3) is 14.0. The maximum Gasteiger partial charge on any atom is 0.0594 e. The summed E-state index contributed by atoms with van der Waals surface area (Å²) < 4.78 is 5.38. The van der Waals surface area contributed by atoms with Gasteiger partial charge in [0.15, 0.2) is 0 Å². The third-order valence-electron chi connectivity index (χ3n) is 4.99. The van der Waals surface area contributed by atoms with Crippen molar-refractivity contribution in [3.63, 3.8) is 0 Å². The predicted octanol–water partition coefficient (Wildman–Crippen LogP) is 4.77. The molecule has 1 heterocycles. The Morgan fingerprint density at radius 2 is 0.957 bits per heavy atom. The van der Waals surface area contributed by atoms with Crippen LogP contribution < -0.4 is 0 Å². The van der Waals surface area contributed by atoms with Crippen LogP contribution in [0.4, 0.5) is 0 Å². The second-order valence-corrected chi connectivity index (χ2v) is 7.13. The summed E-state index contributed by atoms with van der Waals surface area (Å²) >= 11 is 0. The molecule has 1 aliphatic rings. The zero-order valence-corrected chi connectivity index (χ0v) is 15.4. The molecule has 0 radical (unpaired) electrons. The number of hydrogen-bond donors (Lipinski definition) is 1. The van der Waals surface area contributed by atoms with E-state index in [9.17, 15) is 0 Å². The molecule has 1 saturated heterocycles. The van der Waals surface area contributed by atoms with E-state index in [1.165, 1.54) is 90.0 Å². The molecular weight excluding hydrogens is 286 g/mol. The second-order valence-electron chi connectivity index (χ2n) is 7.13. The van der Waals surface area contributed by atoms with Gasteiger partial charge in [-0.15, -0.1) is 0 Å². The Bertz CT molecular complexity index is 230. The Morgan fingerprint density at radius 3 is 1.39 bits per heavy atom. The molecule has 138 valence electrons. The molecule has 1 aliphatic heterocycles. The lowest BCUT2D eigenvalue weighted by molar-refractivity contribution is 0.0371. The summed E-state index contributed by atoms with van der Waals surface area (Å²) in [5, 5.41) is 8.71. The van der Waals surface area contributed by atoms with Crippen LogP contribution in [0.2, 0.25) is 0 Å². The molecule has 0 aromatic carbocycles. The summed E-state index contributed by atoms with van der Waals surface area (Å²) in [6.45, 7) is 5.79. The molecule has 3 heteroatoms. The topological polar surface area (TPSA) is 32.7 Å². The summed E-state index contributed by atoms with van der Waals surface area (Å²) in [6.07, 6.45) is 19.1. The minimum atomic E-state index is 0.368. The zero-order chi connectivity index (χ0) is 16.4. The van der Waals surface area contributed by atoms with Crippen LogP contribution in [0.25, 0.3) is 0 Å². The Hall–Kier alpha value is -0.120. The minimum absolute atomic E-state index is 0.368. The highest BCUT2D eigenvalue weighted by Crippen LogP contribution is 2.13. The third-order valence-corrected chi connectivity index (χ3v) is 4.99. The minimum Gasteiger partial charge on any atom is -0.396 e. The van der Waals surface area contributed by atoms with Gasteiger partial charge in [-0.05, 0) is 19.4 Å². The molecule has 1 N–H and O–H groups in total. The SMILES string of the molecule is OCCCCCCCCCCCCCCCCN1CCOCC1. The van der Waals surface area contributed by atoms with Crippen LogP contribution in [0.5, 0.6) is 0 Å². The van der Waals surface area contributed by atoms with Crippen LogP contribution in [0.15, 0.2) is 0 Å². The molecule has 0 unspecified atom stereocenters. The second kappa shape index (κ2) is 16.7. The van der Waals surface area contributed by atoms with E-state index in [4.69, 9.17) is 9.84 Å². The Morgan fingerprint density at radius 1 is 0.565 bits per heavy atom. The van der Waals surface area contributed by atoms with Crippen LogP contribution in [0.1, 0.15) is 89.9 Å². The summed E-state index contributed by atoms with van der Waals surface area (Å²) in [5.74, 6) is 0. The van der Waals surface area contributed by atoms with E-state index in [2.05, 4.69) is 4.90 Å². The van der Waals surface area contributed by atoms with Gasteiger partial charge >= 0.3 is 0 Å². The van der Waals surface area contributed by atoms with E-state index in [0.29, 0.717) is 6.61 Å². The molecule has 0 saturated carbocycles. The number of nitrogens with zero attached hydrogens (tertiary/aromatic N) is 1. The van der Waals surface area contributed by atoms with Gasteiger partial charge in [0.1, 0.15) is 0 Å². The van der Waals surface area contributed by atoms with E-state index in [0.717, 1.165) is 32.7 Å².